The molecule has 2 rings (SSSR count). The van der Waals surface area contributed by atoms with E-state index < -0.39 is 48.3 Å². The summed E-state index contributed by atoms with van der Waals surface area (Å²) in [6.45, 7) is 22.0. The second kappa shape index (κ2) is 26.3. The van der Waals surface area contributed by atoms with E-state index in [1.54, 1.807) is 38.0 Å². The average molecular weight is 873 g/mol. The van der Waals surface area contributed by atoms with Crippen molar-refractivity contribution in [3.05, 3.63) is 35.9 Å². The van der Waals surface area contributed by atoms with Gasteiger partial charge >= 0.3 is 0 Å². The summed E-state index contributed by atoms with van der Waals surface area (Å²) in [5, 5.41) is 9.04. The number of carbonyl (C=O) groups is 5. The zero-order chi connectivity index (χ0) is 46.9. The number of amides is 5. The summed E-state index contributed by atoms with van der Waals surface area (Å²) in [7, 11) is 8.56. The third-order valence-electron chi connectivity index (χ3n) is 12.2. The molecule has 14 nitrogen and oxygen atoms in total. The molecule has 5 amide bonds. The summed E-state index contributed by atoms with van der Waals surface area (Å²) in [4.78, 5) is 75.1. The summed E-state index contributed by atoms with van der Waals surface area (Å²) in [5.41, 5.74) is 0.966. The molecule has 0 aliphatic carbocycles. The number of likely N-dealkylation sites (N-methyl/N-ethyl adjacent to an activating group) is 2. The van der Waals surface area contributed by atoms with Gasteiger partial charge in [-0.25, -0.2) is 0 Å². The first kappa shape index (κ1) is 54.5. The van der Waals surface area contributed by atoms with Crippen LogP contribution in [0.25, 0.3) is 0 Å². The third kappa shape index (κ3) is 16.5. The van der Waals surface area contributed by atoms with Crippen molar-refractivity contribution < 1.29 is 38.2 Å². The highest BCUT2D eigenvalue weighted by molar-refractivity contribution is 5.90. The second-order valence-corrected chi connectivity index (χ2v) is 19.5. The lowest BCUT2D eigenvalue weighted by atomic mass is 9.89. The van der Waals surface area contributed by atoms with Crippen molar-refractivity contribution in [2.75, 3.05) is 61.7 Å². The number of carbonyl (C=O) groups excluding carboxylic acids is 5. The number of methoxy groups -OCH3 is 2. The first-order chi connectivity index (χ1) is 29.1. The number of benzene rings is 1. The molecular weight excluding hydrogens is 789 g/mol. The molecule has 3 N–H and O–H groups in total. The van der Waals surface area contributed by atoms with Crippen LogP contribution in [0.15, 0.2) is 30.3 Å². The van der Waals surface area contributed by atoms with Crippen LogP contribution in [0.3, 0.4) is 0 Å². The first-order valence-corrected chi connectivity index (χ1v) is 22.9. The van der Waals surface area contributed by atoms with E-state index in [1.807, 2.05) is 90.9 Å². The van der Waals surface area contributed by atoms with E-state index in [0.717, 1.165) is 18.4 Å². The molecule has 1 fully saturated rings. The smallest absolute Gasteiger partial charge is 0.245 e. The Morgan fingerprint density at radius 1 is 0.871 bits per heavy atom. The number of hydrogen-bond donors (Lipinski definition) is 3. The zero-order valence-corrected chi connectivity index (χ0v) is 40.9. The van der Waals surface area contributed by atoms with Crippen LogP contribution in [-0.2, 0) is 44.6 Å². The SMILES string of the molecule is CCC(C)C(C(CC(=O)N1CCCC1C(OC)C(C)C(=O)NC(Cc1ccccc1)C(=O)NCCCOCC(C)(C)C)OC)N(C)C(=O)C(NC(=O)C(C(C)C)N(C)C)C(C)C. The molecule has 1 saturated heterocycles. The molecule has 0 bridgehead atoms. The molecule has 62 heavy (non-hydrogen) atoms. The van der Waals surface area contributed by atoms with Crippen LogP contribution < -0.4 is 16.0 Å². The monoisotopic (exact) mass is 873 g/mol. The average Bonchev–Trinajstić information content (AvgIpc) is 3.69. The Kier molecular flexibility index (Phi) is 23.1. The van der Waals surface area contributed by atoms with Crippen molar-refractivity contribution >= 4 is 29.5 Å². The van der Waals surface area contributed by atoms with Gasteiger partial charge in [-0.2, -0.15) is 0 Å². The second-order valence-electron chi connectivity index (χ2n) is 19.5. The molecule has 354 valence electrons. The Hall–Kier alpha value is -3.59. The quantitative estimate of drug-likeness (QED) is 0.110. The summed E-state index contributed by atoms with van der Waals surface area (Å²) in [6.07, 6.45) is 1.75. The largest absolute Gasteiger partial charge is 0.381 e. The van der Waals surface area contributed by atoms with Gasteiger partial charge in [-0.15, -0.1) is 0 Å². The Morgan fingerprint density at radius 3 is 2.05 bits per heavy atom. The minimum atomic E-state index is -0.824. The molecule has 9 unspecified atom stereocenters. The van der Waals surface area contributed by atoms with Gasteiger partial charge in [0.25, 0.3) is 0 Å². The molecule has 14 heteroatoms. The maximum absolute atomic E-state index is 14.4. The van der Waals surface area contributed by atoms with Crippen LogP contribution in [0.2, 0.25) is 0 Å². The van der Waals surface area contributed by atoms with Crippen molar-refractivity contribution in [2.24, 2.45) is 29.1 Å². The molecule has 0 saturated carbocycles. The molecule has 1 aliphatic rings. The van der Waals surface area contributed by atoms with Gasteiger partial charge in [0.15, 0.2) is 0 Å². The lowest BCUT2D eigenvalue weighted by molar-refractivity contribution is -0.148. The van der Waals surface area contributed by atoms with Crippen molar-refractivity contribution in [1.29, 1.82) is 0 Å². The van der Waals surface area contributed by atoms with Crippen LogP contribution in [0.4, 0.5) is 0 Å². The highest BCUT2D eigenvalue weighted by Crippen LogP contribution is 2.30. The maximum Gasteiger partial charge on any atom is 0.245 e. The molecule has 1 heterocycles. The fourth-order valence-electron chi connectivity index (χ4n) is 8.66. The number of ether oxygens (including phenoxy) is 3. The topological polar surface area (TPSA) is 159 Å². The molecular formula is C48H84N6O8. The van der Waals surface area contributed by atoms with Crippen LogP contribution in [-0.4, -0.2) is 148 Å². The van der Waals surface area contributed by atoms with Gasteiger partial charge in [0, 0.05) is 47.4 Å². The van der Waals surface area contributed by atoms with Gasteiger partial charge in [-0.1, -0.05) is 106 Å². The molecule has 1 aromatic carbocycles. The normalized spacial score (nSPS) is 18.4. The number of nitrogens with zero attached hydrogens (tertiary/aromatic N) is 3. The zero-order valence-electron chi connectivity index (χ0n) is 40.9. The van der Waals surface area contributed by atoms with Crippen molar-refractivity contribution in [3.8, 4) is 0 Å². The molecule has 9 atom stereocenters. The summed E-state index contributed by atoms with van der Waals surface area (Å²) in [6, 6.07) is 6.70. The Morgan fingerprint density at radius 2 is 1.52 bits per heavy atom. The van der Waals surface area contributed by atoms with Crippen LogP contribution in [0.5, 0.6) is 0 Å². The van der Waals surface area contributed by atoms with E-state index in [4.69, 9.17) is 14.2 Å². The van der Waals surface area contributed by atoms with E-state index >= 15 is 0 Å². The van der Waals surface area contributed by atoms with E-state index in [0.29, 0.717) is 45.6 Å². The van der Waals surface area contributed by atoms with Gasteiger partial charge in [0.1, 0.15) is 12.1 Å². The molecule has 0 aromatic heterocycles. The highest BCUT2D eigenvalue weighted by Gasteiger charge is 2.43. The lowest BCUT2D eigenvalue weighted by Gasteiger charge is -2.41. The Bertz CT molecular complexity index is 1530. The maximum atomic E-state index is 14.4. The van der Waals surface area contributed by atoms with Crippen molar-refractivity contribution in [3.63, 3.8) is 0 Å². The van der Waals surface area contributed by atoms with Gasteiger partial charge in [0.05, 0.1) is 49.3 Å². The summed E-state index contributed by atoms with van der Waals surface area (Å²) in [5.74, 6) is -2.11. The number of likely N-dealkylation sites (tertiary alicyclic amines) is 1. The first-order valence-electron chi connectivity index (χ1n) is 22.9. The predicted octanol–water partition coefficient (Wildman–Crippen LogP) is 4.93. The Balaban J connectivity index is 2.26. The molecule has 1 aromatic rings. The summed E-state index contributed by atoms with van der Waals surface area (Å²) < 4.78 is 17.9. The van der Waals surface area contributed by atoms with E-state index in [-0.39, 0.29) is 59.1 Å². The van der Waals surface area contributed by atoms with Crippen LogP contribution in [0.1, 0.15) is 107 Å². The fourth-order valence-corrected chi connectivity index (χ4v) is 8.66. The van der Waals surface area contributed by atoms with E-state index in [1.165, 1.54) is 0 Å². The van der Waals surface area contributed by atoms with Crippen LogP contribution in [0, 0.1) is 29.1 Å². The number of hydrogen-bond acceptors (Lipinski definition) is 9. The standard InChI is InChI=1S/C48H84N6O8/c1-16-33(6)42(53(13)47(59)40(31(2)3)51-46(58)41(32(4)5)52(11)12)38(60-14)29-39(55)54-26-20-24-37(54)43(61-15)34(7)44(56)50-36(28-35-22-18-17-19-23-35)45(57)49-25-21-27-62-30-48(8,9)10/h17-19,22-23,31-34,36-38,40-43H,16,20-21,24-30H2,1-15H3,(H,49,57)(H,50,56)(H,51,58). The van der Waals surface area contributed by atoms with Crippen LogP contribution >= 0.6 is 0 Å². The van der Waals surface area contributed by atoms with Crippen molar-refractivity contribution in [2.45, 2.75) is 150 Å². The van der Waals surface area contributed by atoms with Gasteiger partial charge in [0.2, 0.25) is 29.5 Å². The highest BCUT2D eigenvalue weighted by atomic mass is 16.5. The molecule has 1 aliphatic heterocycles. The number of nitrogens with one attached hydrogen (secondary N) is 3. The molecule has 0 spiro atoms. The minimum Gasteiger partial charge on any atom is -0.381 e. The number of rotatable bonds is 26. The van der Waals surface area contributed by atoms with E-state index in [2.05, 4.69) is 36.7 Å². The Labute approximate surface area is 374 Å². The van der Waals surface area contributed by atoms with Gasteiger partial charge < -0.3 is 40.0 Å². The predicted molar refractivity (Wildman–Crippen MR) is 245 cm³/mol. The minimum absolute atomic E-state index is 0.00591. The lowest BCUT2D eigenvalue weighted by Crippen LogP contribution is -2.59. The van der Waals surface area contributed by atoms with E-state index in [9.17, 15) is 24.0 Å². The fraction of sp³-hybridized carbons (Fsp3) is 0.771. The van der Waals surface area contributed by atoms with Gasteiger partial charge in [-0.3, -0.25) is 28.9 Å². The van der Waals surface area contributed by atoms with Crippen molar-refractivity contribution in [1.82, 2.24) is 30.7 Å². The third-order valence-corrected chi connectivity index (χ3v) is 12.2. The molecule has 0 radical (unpaired) electrons. The van der Waals surface area contributed by atoms with Gasteiger partial charge in [-0.05, 0) is 62.1 Å². The summed E-state index contributed by atoms with van der Waals surface area (Å²) >= 11 is 0.